The molecule has 0 bridgehead atoms. The fourth-order valence-electron chi connectivity index (χ4n) is 3.88. The molecule has 1 N–H and O–H groups in total. The minimum atomic E-state index is 0.436. The Kier molecular flexibility index (Phi) is 4.27. The average molecular weight is 274 g/mol. The van der Waals surface area contributed by atoms with Gasteiger partial charge in [0, 0.05) is 24.2 Å². The predicted molar refractivity (Wildman–Crippen MR) is 82.1 cm³/mol. The molecular weight excluding hydrogens is 248 g/mol. The first-order chi connectivity index (χ1) is 9.81. The van der Waals surface area contributed by atoms with Crippen molar-refractivity contribution in [3.8, 4) is 5.75 Å². The molecule has 20 heavy (non-hydrogen) atoms. The smallest absolute Gasteiger partial charge is 0.124 e. The highest BCUT2D eigenvalue weighted by Crippen LogP contribution is 2.36. The number of likely N-dealkylation sites (tertiary alicyclic amines) is 1. The van der Waals surface area contributed by atoms with E-state index in [-0.39, 0.29) is 0 Å². The summed E-state index contributed by atoms with van der Waals surface area (Å²) >= 11 is 0. The summed E-state index contributed by atoms with van der Waals surface area (Å²) in [6.45, 7) is 8.67. The summed E-state index contributed by atoms with van der Waals surface area (Å²) in [4.78, 5) is 2.69. The Balaban J connectivity index is 1.82. The van der Waals surface area contributed by atoms with Gasteiger partial charge in [-0.2, -0.15) is 0 Å². The van der Waals surface area contributed by atoms with E-state index < -0.39 is 0 Å². The molecule has 2 aliphatic rings. The third-order valence-corrected chi connectivity index (χ3v) is 4.89. The Labute approximate surface area is 122 Å². The predicted octanol–water partition coefficient (Wildman–Crippen LogP) is 2.83. The van der Waals surface area contributed by atoms with Crippen molar-refractivity contribution < 1.29 is 4.74 Å². The molecule has 0 radical (unpaired) electrons. The van der Waals surface area contributed by atoms with Gasteiger partial charge < -0.3 is 10.1 Å². The molecule has 2 aliphatic heterocycles. The van der Waals surface area contributed by atoms with Crippen molar-refractivity contribution in [2.75, 3.05) is 26.2 Å². The van der Waals surface area contributed by atoms with E-state index in [2.05, 4.69) is 48.3 Å². The van der Waals surface area contributed by atoms with Gasteiger partial charge in [0.1, 0.15) is 5.75 Å². The molecule has 3 unspecified atom stereocenters. The Morgan fingerprint density at radius 1 is 1.35 bits per heavy atom. The third kappa shape index (κ3) is 2.57. The van der Waals surface area contributed by atoms with Crippen LogP contribution in [0.25, 0.3) is 0 Å². The zero-order valence-corrected chi connectivity index (χ0v) is 12.6. The summed E-state index contributed by atoms with van der Waals surface area (Å²) in [6.07, 6.45) is 2.71. The summed E-state index contributed by atoms with van der Waals surface area (Å²) in [7, 11) is 0. The Morgan fingerprint density at radius 3 is 3.05 bits per heavy atom. The van der Waals surface area contributed by atoms with Crippen LogP contribution in [-0.2, 0) is 0 Å². The molecule has 3 nitrogen and oxygen atoms in total. The topological polar surface area (TPSA) is 24.5 Å². The molecule has 3 atom stereocenters. The number of para-hydroxylation sites is 1. The van der Waals surface area contributed by atoms with Crippen LogP contribution in [0.3, 0.4) is 0 Å². The summed E-state index contributed by atoms with van der Waals surface area (Å²) in [5.74, 6) is 1.89. The van der Waals surface area contributed by atoms with Crippen molar-refractivity contribution >= 4 is 0 Å². The molecule has 0 saturated carbocycles. The van der Waals surface area contributed by atoms with Crippen LogP contribution in [0.1, 0.15) is 38.3 Å². The van der Waals surface area contributed by atoms with E-state index >= 15 is 0 Å². The first kappa shape index (κ1) is 13.9. The molecule has 3 rings (SSSR count). The number of ether oxygens (including phenoxy) is 1. The number of piperidine rings is 1. The van der Waals surface area contributed by atoms with E-state index in [9.17, 15) is 0 Å². The maximum absolute atomic E-state index is 5.82. The molecule has 0 aromatic heterocycles. The molecule has 3 heteroatoms. The lowest BCUT2D eigenvalue weighted by atomic mass is 9.89. The molecule has 1 aromatic carbocycles. The number of benzene rings is 1. The maximum Gasteiger partial charge on any atom is 0.124 e. The Morgan fingerprint density at radius 2 is 2.20 bits per heavy atom. The fourth-order valence-corrected chi connectivity index (χ4v) is 3.88. The van der Waals surface area contributed by atoms with Gasteiger partial charge in [-0.3, -0.25) is 4.90 Å². The second-order valence-corrected chi connectivity index (χ2v) is 6.01. The summed E-state index contributed by atoms with van der Waals surface area (Å²) < 4.78 is 5.82. The quantitative estimate of drug-likeness (QED) is 0.913. The molecular formula is C17H26N2O. The van der Waals surface area contributed by atoms with E-state index in [4.69, 9.17) is 4.74 Å². The molecule has 110 valence electrons. The minimum Gasteiger partial charge on any atom is -0.494 e. The lowest BCUT2D eigenvalue weighted by Gasteiger charge is -2.41. The molecule has 0 spiro atoms. The molecule has 0 aliphatic carbocycles. The van der Waals surface area contributed by atoms with Gasteiger partial charge in [-0.05, 0) is 51.8 Å². The van der Waals surface area contributed by atoms with Crippen LogP contribution in [0.15, 0.2) is 24.3 Å². The molecule has 2 saturated heterocycles. The monoisotopic (exact) mass is 274 g/mol. The number of fused-ring (bicyclic) bond motifs is 1. The van der Waals surface area contributed by atoms with Crippen molar-refractivity contribution in [2.45, 2.75) is 38.8 Å². The van der Waals surface area contributed by atoms with E-state index in [1.165, 1.54) is 31.5 Å². The second kappa shape index (κ2) is 6.15. The van der Waals surface area contributed by atoms with E-state index in [1.807, 2.05) is 0 Å². The van der Waals surface area contributed by atoms with Crippen molar-refractivity contribution in [2.24, 2.45) is 5.92 Å². The van der Waals surface area contributed by atoms with Crippen LogP contribution < -0.4 is 10.1 Å². The first-order valence-corrected chi connectivity index (χ1v) is 7.99. The van der Waals surface area contributed by atoms with E-state index in [0.717, 1.165) is 24.8 Å². The van der Waals surface area contributed by atoms with E-state index in [1.54, 1.807) is 0 Å². The Bertz CT molecular complexity index is 448. The van der Waals surface area contributed by atoms with Gasteiger partial charge in [-0.15, -0.1) is 0 Å². The van der Waals surface area contributed by atoms with Crippen molar-refractivity contribution in [1.29, 1.82) is 0 Å². The summed E-state index contributed by atoms with van der Waals surface area (Å²) in [5.41, 5.74) is 1.34. The SMILES string of the molecule is CCOc1ccccc1C(C)N1CCCC2CNCC21. The molecule has 2 heterocycles. The van der Waals surface area contributed by atoms with Crippen LogP contribution in [0.5, 0.6) is 5.75 Å². The fraction of sp³-hybridized carbons (Fsp3) is 0.647. The van der Waals surface area contributed by atoms with Gasteiger partial charge in [0.25, 0.3) is 0 Å². The standard InChI is InChI=1S/C17H26N2O/c1-3-20-17-9-5-4-8-15(17)13(2)19-10-6-7-14-11-18-12-16(14)19/h4-5,8-9,13-14,16,18H,3,6-7,10-12H2,1-2H3. The van der Waals surface area contributed by atoms with Gasteiger partial charge in [0.05, 0.1) is 6.61 Å². The lowest BCUT2D eigenvalue weighted by Crippen LogP contribution is -2.46. The number of hydrogen-bond acceptors (Lipinski definition) is 3. The van der Waals surface area contributed by atoms with Crippen LogP contribution >= 0.6 is 0 Å². The summed E-state index contributed by atoms with van der Waals surface area (Å²) in [5, 5.41) is 3.57. The van der Waals surface area contributed by atoms with Crippen LogP contribution in [0, 0.1) is 5.92 Å². The summed E-state index contributed by atoms with van der Waals surface area (Å²) in [6, 6.07) is 9.66. The average Bonchev–Trinajstić information content (AvgIpc) is 2.96. The van der Waals surface area contributed by atoms with Gasteiger partial charge in [-0.1, -0.05) is 18.2 Å². The highest BCUT2D eigenvalue weighted by Gasteiger charge is 2.37. The zero-order valence-electron chi connectivity index (χ0n) is 12.6. The van der Waals surface area contributed by atoms with Crippen molar-refractivity contribution in [1.82, 2.24) is 10.2 Å². The van der Waals surface area contributed by atoms with Gasteiger partial charge in [0.2, 0.25) is 0 Å². The second-order valence-electron chi connectivity index (χ2n) is 6.01. The van der Waals surface area contributed by atoms with Crippen LogP contribution in [0.4, 0.5) is 0 Å². The Hall–Kier alpha value is -1.06. The van der Waals surface area contributed by atoms with Gasteiger partial charge in [-0.25, -0.2) is 0 Å². The zero-order chi connectivity index (χ0) is 13.9. The number of rotatable bonds is 4. The van der Waals surface area contributed by atoms with Crippen molar-refractivity contribution in [3.63, 3.8) is 0 Å². The number of nitrogens with one attached hydrogen (secondary N) is 1. The third-order valence-electron chi connectivity index (χ3n) is 4.89. The van der Waals surface area contributed by atoms with Crippen LogP contribution in [0.2, 0.25) is 0 Å². The van der Waals surface area contributed by atoms with E-state index in [0.29, 0.717) is 12.1 Å². The molecule has 2 fully saturated rings. The lowest BCUT2D eigenvalue weighted by molar-refractivity contribution is 0.0832. The van der Waals surface area contributed by atoms with Crippen LogP contribution in [-0.4, -0.2) is 37.2 Å². The highest BCUT2D eigenvalue weighted by atomic mass is 16.5. The normalized spacial score (nSPS) is 28.1. The molecule has 0 amide bonds. The highest BCUT2D eigenvalue weighted by molar-refractivity contribution is 5.36. The maximum atomic E-state index is 5.82. The number of nitrogens with zero attached hydrogens (tertiary/aromatic N) is 1. The molecule has 1 aromatic rings. The van der Waals surface area contributed by atoms with Crippen molar-refractivity contribution in [3.05, 3.63) is 29.8 Å². The number of hydrogen-bond donors (Lipinski definition) is 1. The van der Waals surface area contributed by atoms with Gasteiger partial charge in [0.15, 0.2) is 0 Å². The first-order valence-electron chi connectivity index (χ1n) is 7.99. The van der Waals surface area contributed by atoms with Gasteiger partial charge >= 0.3 is 0 Å². The largest absolute Gasteiger partial charge is 0.494 e. The minimum absolute atomic E-state index is 0.436.